The number of hydrogen-bond donors (Lipinski definition) is 1. The fraction of sp³-hybridized carbons (Fsp3) is 0.250. The smallest absolute Gasteiger partial charge is 0.344 e. The van der Waals surface area contributed by atoms with Crippen LogP contribution in [0.15, 0.2) is 54.6 Å². The van der Waals surface area contributed by atoms with Gasteiger partial charge in [-0.25, -0.2) is 4.79 Å². The Morgan fingerprint density at radius 1 is 1.00 bits per heavy atom. The summed E-state index contributed by atoms with van der Waals surface area (Å²) < 4.78 is 10.1. The van der Waals surface area contributed by atoms with Crippen LogP contribution in [0.4, 0.5) is 0 Å². The van der Waals surface area contributed by atoms with Gasteiger partial charge >= 0.3 is 5.97 Å². The summed E-state index contributed by atoms with van der Waals surface area (Å²) in [5.74, 6) is -0.523. The third kappa shape index (κ3) is 7.05. The molecule has 26 heavy (non-hydrogen) atoms. The van der Waals surface area contributed by atoms with Crippen LogP contribution in [-0.2, 0) is 20.7 Å². The zero-order valence-corrected chi connectivity index (χ0v) is 14.3. The molecule has 0 aliphatic heterocycles. The summed E-state index contributed by atoms with van der Waals surface area (Å²) in [7, 11) is 0. The first-order valence-electron chi connectivity index (χ1n) is 8.26. The largest absolute Gasteiger partial charge is 0.482 e. The van der Waals surface area contributed by atoms with Gasteiger partial charge in [0.1, 0.15) is 5.75 Å². The Morgan fingerprint density at radius 3 is 2.42 bits per heavy atom. The monoisotopic (exact) mass is 352 g/mol. The van der Waals surface area contributed by atoms with E-state index >= 15 is 0 Å². The lowest BCUT2D eigenvalue weighted by Gasteiger charge is -2.08. The highest BCUT2D eigenvalue weighted by molar-refractivity contribution is 5.80. The van der Waals surface area contributed by atoms with Gasteiger partial charge in [0.05, 0.1) is 11.6 Å². The molecule has 0 aromatic heterocycles. The Morgan fingerprint density at radius 2 is 1.73 bits per heavy atom. The molecule has 1 N–H and O–H groups in total. The van der Waals surface area contributed by atoms with Crippen LogP contribution in [0.25, 0.3) is 0 Å². The number of nitrogens with one attached hydrogen (secondary N) is 1. The average Bonchev–Trinajstić information content (AvgIpc) is 2.69. The minimum atomic E-state index is -0.631. The summed E-state index contributed by atoms with van der Waals surface area (Å²) in [4.78, 5) is 23.2. The lowest BCUT2D eigenvalue weighted by molar-refractivity contribution is -0.150. The molecule has 0 saturated carbocycles. The molecule has 0 atom stereocenters. The maximum Gasteiger partial charge on any atom is 0.344 e. The maximum absolute atomic E-state index is 11.6. The van der Waals surface area contributed by atoms with Crippen LogP contribution in [0.2, 0.25) is 0 Å². The Hall–Kier alpha value is -3.33. The van der Waals surface area contributed by atoms with E-state index in [2.05, 4.69) is 5.32 Å². The lowest BCUT2D eigenvalue weighted by Crippen LogP contribution is -2.30. The number of nitriles is 1. The van der Waals surface area contributed by atoms with Gasteiger partial charge in [0.2, 0.25) is 0 Å². The van der Waals surface area contributed by atoms with Crippen molar-refractivity contribution in [3.63, 3.8) is 0 Å². The van der Waals surface area contributed by atoms with Gasteiger partial charge in [-0.05, 0) is 42.7 Å². The van der Waals surface area contributed by atoms with Crippen LogP contribution in [0, 0.1) is 11.3 Å². The molecule has 6 nitrogen and oxygen atoms in total. The topological polar surface area (TPSA) is 88.4 Å². The number of ether oxygens (including phenoxy) is 2. The summed E-state index contributed by atoms with van der Waals surface area (Å²) in [6.07, 6.45) is 1.69. The van der Waals surface area contributed by atoms with E-state index in [4.69, 9.17) is 14.7 Å². The van der Waals surface area contributed by atoms with E-state index in [0.29, 0.717) is 17.9 Å². The zero-order chi connectivity index (χ0) is 18.6. The molecule has 1 amide bonds. The van der Waals surface area contributed by atoms with Crippen LogP contribution in [0.3, 0.4) is 0 Å². The van der Waals surface area contributed by atoms with Crippen molar-refractivity contribution in [2.75, 3.05) is 19.8 Å². The number of hydrogen-bond acceptors (Lipinski definition) is 5. The molecule has 2 aromatic carbocycles. The first kappa shape index (κ1) is 19.0. The highest BCUT2D eigenvalue weighted by atomic mass is 16.6. The lowest BCUT2D eigenvalue weighted by atomic mass is 10.1. The van der Waals surface area contributed by atoms with Crippen LogP contribution in [0.1, 0.15) is 17.5 Å². The third-order valence-electron chi connectivity index (χ3n) is 3.51. The minimum Gasteiger partial charge on any atom is -0.482 e. The fourth-order valence-electron chi connectivity index (χ4n) is 2.17. The van der Waals surface area contributed by atoms with Crippen molar-refractivity contribution in [2.45, 2.75) is 12.8 Å². The van der Waals surface area contributed by atoms with E-state index in [1.807, 2.05) is 36.4 Å². The highest BCUT2D eigenvalue weighted by Crippen LogP contribution is 2.11. The van der Waals surface area contributed by atoms with Gasteiger partial charge in [0.15, 0.2) is 13.2 Å². The quantitative estimate of drug-likeness (QED) is 0.552. The molecule has 0 spiro atoms. The molecule has 0 bridgehead atoms. The summed E-state index contributed by atoms with van der Waals surface area (Å²) in [6.45, 7) is -0.110. The zero-order valence-electron chi connectivity index (χ0n) is 14.3. The fourth-order valence-corrected chi connectivity index (χ4v) is 2.17. The molecular weight excluding hydrogens is 332 g/mol. The number of carbonyl (C=O) groups is 2. The van der Waals surface area contributed by atoms with Gasteiger partial charge < -0.3 is 14.8 Å². The Kier molecular flexibility index (Phi) is 7.69. The molecule has 0 aliphatic carbocycles. The molecule has 2 rings (SSSR count). The predicted molar refractivity (Wildman–Crippen MR) is 95.4 cm³/mol. The molecule has 0 unspecified atom stereocenters. The van der Waals surface area contributed by atoms with Gasteiger partial charge in [-0.15, -0.1) is 0 Å². The van der Waals surface area contributed by atoms with Crippen molar-refractivity contribution >= 4 is 11.9 Å². The summed E-state index contributed by atoms with van der Waals surface area (Å²) in [5, 5.41) is 11.4. The first-order valence-corrected chi connectivity index (χ1v) is 8.26. The molecule has 0 saturated heterocycles. The van der Waals surface area contributed by atoms with Crippen molar-refractivity contribution in [2.24, 2.45) is 0 Å². The van der Waals surface area contributed by atoms with Crippen LogP contribution in [-0.4, -0.2) is 31.6 Å². The number of carbonyl (C=O) groups excluding carboxylic acids is 2. The molecule has 0 radical (unpaired) electrons. The number of rotatable bonds is 9. The van der Waals surface area contributed by atoms with Gasteiger partial charge in [0.25, 0.3) is 5.91 Å². The minimum absolute atomic E-state index is 0.298. The van der Waals surface area contributed by atoms with Crippen LogP contribution < -0.4 is 10.1 Å². The second kappa shape index (κ2) is 10.5. The Labute approximate surface area is 152 Å². The van der Waals surface area contributed by atoms with Crippen molar-refractivity contribution in [1.29, 1.82) is 5.26 Å². The van der Waals surface area contributed by atoms with Gasteiger partial charge in [0, 0.05) is 6.54 Å². The van der Waals surface area contributed by atoms with E-state index in [9.17, 15) is 9.59 Å². The van der Waals surface area contributed by atoms with Crippen LogP contribution in [0.5, 0.6) is 5.75 Å². The van der Waals surface area contributed by atoms with E-state index in [-0.39, 0.29) is 19.1 Å². The van der Waals surface area contributed by atoms with Crippen LogP contribution >= 0.6 is 0 Å². The van der Waals surface area contributed by atoms with Crippen molar-refractivity contribution < 1.29 is 19.1 Å². The number of nitrogens with zero attached hydrogens (tertiary/aromatic N) is 1. The third-order valence-corrected chi connectivity index (χ3v) is 3.51. The van der Waals surface area contributed by atoms with Gasteiger partial charge in [-0.3, -0.25) is 4.79 Å². The Balaban J connectivity index is 1.56. The first-order chi connectivity index (χ1) is 12.7. The molecule has 0 heterocycles. The highest BCUT2D eigenvalue weighted by Gasteiger charge is 2.08. The number of amides is 1. The Bertz CT molecular complexity index is 752. The number of esters is 1. The molecular formula is C20H20N2O4. The normalized spacial score (nSPS) is 9.81. The van der Waals surface area contributed by atoms with E-state index in [1.165, 1.54) is 5.56 Å². The maximum atomic E-state index is 11.6. The number of aryl methyl sites for hydroxylation is 1. The van der Waals surface area contributed by atoms with E-state index in [0.717, 1.165) is 12.8 Å². The summed E-state index contributed by atoms with van der Waals surface area (Å²) in [5.41, 5.74) is 1.72. The molecule has 134 valence electrons. The molecule has 2 aromatic rings. The van der Waals surface area contributed by atoms with Gasteiger partial charge in [-0.2, -0.15) is 5.26 Å². The second-order valence-corrected chi connectivity index (χ2v) is 5.52. The van der Waals surface area contributed by atoms with Crippen molar-refractivity contribution in [1.82, 2.24) is 5.32 Å². The van der Waals surface area contributed by atoms with E-state index in [1.54, 1.807) is 24.3 Å². The molecule has 6 heteroatoms. The SMILES string of the molecule is N#Cc1ccc(OCC(=O)OCC(=O)NCCCc2ccccc2)cc1. The predicted octanol–water partition coefficient (Wildman–Crippen LogP) is 2.23. The molecule has 0 fully saturated rings. The van der Waals surface area contributed by atoms with Gasteiger partial charge in [-0.1, -0.05) is 30.3 Å². The summed E-state index contributed by atoms with van der Waals surface area (Å²) in [6, 6.07) is 18.3. The second-order valence-electron chi connectivity index (χ2n) is 5.52. The van der Waals surface area contributed by atoms with Crippen molar-refractivity contribution in [3.8, 4) is 11.8 Å². The van der Waals surface area contributed by atoms with Crippen molar-refractivity contribution in [3.05, 3.63) is 65.7 Å². The van der Waals surface area contributed by atoms with E-state index < -0.39 is 5.97 Å². The summed E-state index contributed by atoms with van der Waals surface area (Å²) >= 11 is 0. The standard InChI is InChI=1S/C20H20N2O4/c21-13-17-8-10-18(11-9-17)25-15-20(24)26-14-19(23)22-12-4-7-16-5-2-1-3-6-16/h1-3,5-6,8-11H,4,7,12,14-15H2,(H,22,23). The number of benzene rings is 2. The molecule has 0 aliphatic rings. The average molecular weight is 352 g/mol.